The van der Waals surface area contributed by atoms with Crippen molar-refractivity contribution in [2.24, 2.45) is 0 Å². The van der Waals surface area contributed by atoms with Gasteiger partial charge >= 0.3 is 0 Å². The first-order valence-corrected chi connectivity index (χ1v) is 10.2. The van der Waals surface area contributed by atoms with Gasteiger partial charge in [0.15, 0.2) is 0 Å². The van der Waals surface area contributed by atoms with Crippen LogP contribution < -0.4 is 9.80 Å². The molecule has 3 aromatic carbocycles. The normalized spacial score (nSPS) is 14.5. The van der Waals surface area contributed by atoms with Gasteiger partial charge in [-0.05, 0) is 49.4 Å². The standard InChI is InChI=1S/C27H22N2O2/c1-19(26-27(30)22-15-9-10-16-23(22)28(26)2)24-17-18-25(31-24)29(20-11-5-3-6-12-20)21-13-7-4-8-14-21/h3-18H,1-2H3/b26-19-. The maximum atomic E-state index is 13.1. The average Bonchev–Trinajstić information content (AvgIpc) is 3.39. The van der Waals surface area contributed by atoms with Gasteiger partial charge < -0.3 is 9.32 Å². The Morgan fingerprint density at radius 1 is 0.774 bits per heavy atom. The van der Waals surface area contributed by atoms with Gasteiger partial charge in [0.1, 0.15) is 5.76 Å². The zero-order valence-corrected chi connectivity index (χ0v) is 17.4. The summed E-state index contributed by atoms with van der Waals surface area (Å²) in [5, 5.41) is 0. The van der Waals surface area contributed by atoms with E-state index in [1.807, 2.05) is 116 Å². The second kappa shape index (κ2) is 7.65. The molecule has 1 aliphatic heterocycles. The number of furan rings is 1. The topological polar surface area (TPSA) is 36.7 Å². The van der Waals surface area contributed by atoms with Gasteiger partial charge in [0.25, 0.3) is 0 Å². The summed E-state index contributed by atoms with van der Waals surface area (Å²) in [4.78, 5) is 17.1. The van der Waals surface area contributed by atoms with E-state index >= 15 is 0 Å². The number of hydrogen-bond acceptors (Lipinski definition) is 4. The Balaban J connectivity index is 1.58. The third kappa shape index (κ3) is 3.22. The molecule has 0 saturated carbocycles. The Morgan fingerprint density at radius 3 is 1.97 bits per heavy atom. The van der Waals surface area contributed by atoms with Crippen molar-refractivity contribution in [3.05, 3.63) is 114 Å². The van der Waals surface area contributed by atoms with Crippen LogP contribution in [0.4, 0.5) is 22.9 Å². The second-order valence-electron chi connectivity index (χ2n) is 7.52. The Labute approximate surface area is 181 Å². The van der Waals surface area contributed by atoms with Gasteiger partial charge in [0.05, 0.1) is 11.4 Å². The molecule has 0 amide bonds. The minimum absolute atomic E-state index is 0.0246. The van der Waals surface area contributed by atoms with E-state index in [1.54, 1.807) is 0 Å². The molecule has 5 rings (SSSR count). The van der Waals surface area contributed by atoms with Gasteiger partial charge in [-0.25, -0.2) is 0 Å². The maximum Gasteiger partial charge on any atom is 0.211 e. The summed E-state index contributed by atoms with van der Waals surface area (Å²) in [6, 6.07) is 31.8. The van der Waals surface area contributed by atoms with E-state index in [1.165, 1.54) is 0 Å². The number of nitrogens with zero attached hydrogens (tertiary/aromatic N) is 2. The number of ketones is 1. The molecular formula is C27H22N2O2. The van der Waals surface area contributed by atoms with Crippen LogP contribution in [0.3, 0.4) is 0 Å². The lowest BCUT2D eigenvalue weighted by molar-refractivity contribution is 0.104. The molecule has 0 bridgehead atoms. The van der Waals surface area contributed by atoms with Crippen LogP contribution in [-0.2, 0) is 0 Å². The largest absolute Gasteiger partial charge is 0.440 e. The molecule has 2 heterocycles. The summed E-state index contributed by atoms with van der Waals surface area (Å²) < 4.78 is 6.31. The van der Waals surface area contributed by atoms with Crippen LogP contribution in [0, 0.1) is 0 Å². The minimum Gasteiger partial charge on any atom is -0.440 e. The molecule has 0 radical (unpaired) electrons. The Bertz CT molecular complexity index is 1230. The molecule has 0 saturated heterocycles. The van der Waals surface area contributed by atoms with E-state index in [-0.39, 0.29) is 5.78 Å². The minimum atomic E-state index is 0.0246. The number of benzene rings is 3. The third-order valence-electron chi connectivity index (χ3n) is 5.63. The Kier molecular flexibility index (Phi) is 4.68. The number of para-hydroxylation sites is 3. The monoisotopic (exact) mass is 406 g/mol. The Hall–Kier alpha value is -4.05. The van der Waals surface area contributed by atoms with Gasteiger partial charge in [-0.15, -0.1) is 0 Å². The number of allylic oxidation sites excluding steroid dienone is 2. The van der Waals surface area contributed by atoms with Crippen molar-refractivity contribution < 1.29 is 9.21 Å². The summed E-state index contributed by atoms with van der Waals surface area (Å²) in [7, 11) is 1.92. The first-order chi connectivity index (χ1) is 15.1. The fourth-order valence-corrected chi connectivity index (χ4v) is 4.10. The summed E-state index contributed by atoms with van der Waals surface area (Å²) in [5.74, 6) is 1.39. The van der Waals surface area contributed by atoms with Crippen LogP contribution in [0.25, 0.3) is 5.57 Å². The van der Waals surface area contributed by atoms with E-state index in [4.69, 9.17) is 4.42 Å². The molecule has 152 valence electrons. The van der Waals surface area contributed by atoms with Crippen LogP contribution in [0.15, 0.2) is 107 Å². The molecule has 0 aliphatic carbocycles. The average molecular weight is 406 g/mol. The number of rotatable bonds is 4. The first-order valence-electron chi connectivity index (χ1n) is 10.2. The van der Waals surface area contributed by atoms with Gasteiger partial charge in [0.2, 0.25) is 11.7 Å². The van der Waals surface area contributed by atoms with Crippen LogP contribution in [0.5, 0.6) is 0 Å². The van der Waals surface area contributed by atoms with Gasteiger partial charge in [-0.2, -0.15) is 0 Å². The van der Waals surface area contributed by atoms with Crippen molar-refractivity contribution in [3.63, 3.8) is 0 Å². The number of fused-ring (bicyclic) bond motifs is 1. The zero-order chi connectivity index (χ0) is 21.4. The SMILES string of the molecule is C/C(=C1\C(=O)c2ccccc2N1C)c1ccc(N(c2ccccc2)c2ccccc2)o1. The van der Waals surface area contributed by atoms with Crippen molar-refractivity contribution >= 4 is 34.3 Å². The Morgan fingerprint density at radius 2 is 1.35 bits per heavy atom. The molecule has 0 N–H and O–H groups in total. The highest BCUT2D eigenvalue weighted by molar-refractivity contribution is 6.22. The van der Waals surface area contributed by atoms with Gasteiger partial charge in [0, 0.05) is 35.6 Å². The molecule has 4 heteroatoms. The fourth-order valence-electron chi connectivity index (χ4n) is 4.10. The van der Waals surface area contributed by atoms with Gasteiger partial charge in [-0.3, -0.25) is 9.69 Å². The molecule has 0 fully saturated rings. The van der Waals surface area contributed by atoms with E-state index < -0.39 is 0 Å². The van der Waals surface area contributed by atoms with Crippen molar-refractivity contribution in [1.29, 1.82) is 0 Å². The molecule has 4 nitrogen and oxygen atoms in total. The third-order valence-corrected chi connectivity index (χ3v) is 5.63. The van der Waals surface area contributed by atoms with Crippen LogP contribution in [0.1, 0.15) is 23.0 Å². The molecule has 31 heavy (non-hydrogen) atoms. The molecule has 0 spiro atoms. The quantitative estimate of drug-likeness (QED) is 0.349. The van der Waals surface area contributed by atoms with Crippen molar-refractivity contribution in [3.8, 4) is 0 Å². The van der Waals surface area contributed by atoms with Crippen LogP contribution >= 0.6 is 0 Å². The number of hydrogen-bond donors (Lipinski definition) is 0. The maximum absolute atomic E-state index is 13.1. The van der Waals surface area contributed by atoms with E-state index in [2.05, 4.69) is 4.90 Å². The van der Waals surface area contributed by atoms with Crippen molar-refractivity contribution in [1.82, 2.24) is 0 Å². The fraction of sp³-hybridized carbons (Fsp3) is 0.0741. The second-order valence-corrected chi connectivity index (χ2v) is 7.52. The predicted molar refractivity (Wildman–Crippen MR) is 125 cm³/mol. The number of likely N-dealkylation sites (N-methyl/N-ethyl adjacent to an activating group) is 1. The van der Waals surface area contributed by atoms with E-state index in [0.717, 1.165) is 28.2 Å². The molecular weight excluding hydrogens is 384 g/mol. The molecule has 0 unspecified atom stereocenters. The smallest absolute Gasteiger partial charge is 0.211 e. The lowest BCUT2D eigenvalue weighted by Crippen LogP contribution is -2.15. The molecule has 1 aliphatic rings. The predicted octanol–water partition coefficient (Wildman–Crippen LogP) is 6.81. The highest BCUT2D eigenvalue weighted by Crippen LogP contribution is 2.40. The van der Waals surface area contributed by atoms with Crippen LogP contribution in [-0.4, -0.2) is 12.8 Å². The number of carbonyl (C=O) groups excluding carboxylic acids is 1. The summed E-state index contributed by atoms with van der Waals surface area (Å²) >= 11 is 0. The lowest BCUT2D eigenvalue weighted by atomic mass is 10.1. The first kappa shape index (κ1) is 18.9. The molecule has 4 aromatic rings. The van der Waals surface area contributed by atoms with E-state index in [0.29, 0.717) is 17.3 Å². The van der Waals surface area contributed by atoms with E-state index in [9.17, 15) is 4.79 Å². The van der Waals surface area contributed by atoms with Crippen LogP contribution in [0.2, 0.25) is 0 Å². The van der Waals surface area contributed by atoms with Crippen molar-refractivity contribution in [2.75, 3.05) is 16.8 Å². The lowest BCUT2D eigenvalue weighted by Gasteiger charge is -2.22. The highest BCUT2D eigenvalue weighted by Gasteiger charge is 2.32. The molecule has 0 atom stereocenters. The van der Waals surface area contributed by atoms with Gasteiger partial charge in [-0.1, -0.05) is 48.5 Å². The summed E-state index contributed by atoms with van der Waals surface area (Å²) in [6.45, 7) is 1.94. The van der Waals surface area contributed by atoms with Crippen molar-refractivity contribution in [2.45, 2.75) is 6.92 Å². The highest BCUT2D eigenvalue weighted by atomic mass is 16.4. The number of Topliss-reactive ketones (excluding diaryl/α,β-unsaturated/α-hetero) is 1. The number of carbonyl (C=O) groups is 1. The summed E-state index contributed by atoms with van der Waals surface area (Å²) in [6.07, 6.45) is 0. The summed E-state index contributed by atoms with van der Waals surface area (Å²) in [5.41, 5.74) is 5.11. The number of anilines is 4. The molecule has 1 aromatic heterocycles. The zero-order valence-electron chi connectivity index (χ0n) is 17.4.